The van der Waals surface area contributed by atoms with Gasteiger partial charge < -0.3 is 10.5 Å². The minimum Gasteiger partial charge on any atom is -0.497 e. The molecule has 0 aliphatic heterocycles. The zero-order valence-electron chi connectivity index (χ0n) is 9.97. The van der Waals surface area contributed by atoms with E-state index in [0.29, 0.717) is 5.82 Å². The van der Waals surface area contributed by atoms with Crippen molar-refractivity contribution in [3.8, 4) is 5.75 Å². The highest BCUT2D eigenvalue weighted by Crippen LogP contribution is 2.20. The normalized spacial score (nSPS) is 12.4. The van der Waals surface area contributed by atoms with Crippen molar-refractivity contribution in [1.82, 2.24) is 15.2 Å². The summed E-state index contributed by atoms with van der Waals surface area (Å²) in [5.41, 5.74) is 7.04. The van der Waals surface area contributed by atoms with Crippen LogP contribution in [0.25, 0.3) is 0 Å². The summed E-state index contributed by atoms with van der Waals surface area (Å²) in [5.74, 6) is 2.23. The molecule has 0 bridgehead atoms. The molecule has 0 saturated heterocycles. The second kappa shape index (κ2) is 4.97. The van der Waals surface area contributed by atoms with E-state index in [4.69, 9.17) is 10.5 Å². The minimum atomic E-state index is -0.332. The first-order chi connectivity index (χ1) is 8.24. The van der Waals surface area contributed by atoms with Gasteiger partial charge in [-0.05, 0) is 17.7 Å². The summed E-state index contributed by atoms with van der Waals surface area (Å²) in [7, 11) is 1.63. The van der Waals surface area contributed by atoms with Gasteiger partial charge in [-0.15, -0.1) is 0 Å². The molecule has 3 N–H and O–H groups in total. The van der Waals surface area contributed by atoms with Crippen LogP contribution in [0.2, 0.25) is 0 Å². The highest BCUT2D eigenvalue weighted by Gasteiger charge is 2.14. The van der Waals surface area contributed by atoms with Gasteiger partial charge in [-0.1, -0.05) is 19.1 Å². The number of aromatic nitrogens is 3. The summed E-state index contributed by atoms with van der Waals surface area (Å²) >= 11 is 0. The number of hydrogen-bond acceptors (Lipinski definition) is 4. The van der Waals surface area contributed by atoms with Crippen LogP contribution in [0.4, 0.5) is 0 Å². The predicted octanol–water partition coefficient (Wildman–Crippen LogP) is 1.42. The lowest BCUT2D eigenvalue weighted by Gasteiger charge is -2.09. The SMILES string of the molecule is CCc1nc(C(N)c2cccc(OC)c2)n[nH]1. The highest BCUT2D eigenvalue weighted by atomic mass is 16.5. The Bertz CT molecular complexity index is 495. The number of aryl methyl sites for hydroxylation is 1. The fraction of sp³-hybridized carbons (Fsp3) is 0.333. The molecule has 90 valence electrons. The molecule has 5 heteroatoms. The van der Waals surface area contributed by atoms with Crippen LogP contribution >= 0.6 is 0 Å². The molecule has 0 amide bonds. The van der Waals surface area contributed by atoms with Gasteiger partial charge in [-0.3, -0.25) is 5.10 Å². The van der Waals surface area contributed by atoms with Crippen LogP contribution in [0.15, 0.2) is 24.3 Å². The average molecular weight is 232 g/mol. The Morgan fingerprint density at radius 2 is 2.29 bits per heavy atom. The molecule has 0 aliphatic carbocycles. The smallest absolute Gasteiger partial charge is 0.171 e. The van der Waals surface area contributed by atoms with Gasteiger partial charge in [-0.25, -0.2) is 4.98 Å². The van der Waals surface area contributed by atoms with Gasteiger partial charge in [0.05, 0.1) is 13.2 Å². The first kappa shape index (κ1) is 11.6. The van der Waals surface area contributed by atoms with Crippen LogP contribution in [0, 0.1) is 0 Å². The molecular formula is C12H16N4O. The monoisotopic (exact) mass is 232 g/mol. The van der Waals surface area contributed by atoms with E-state index in [-0.39, 0.29) is 6.04 Å². The first-order valence-electron chi connectivity index (χ1n) is 5.55. The zero-order chi connectivity index (χ0) is 12.3. The number of nitrogens with one attached hydrogen (secondary N) is 1. The van der Waals surface area contributed by atoms with Crippen LogP contribution in [0.1, 0.15) is 30.2 Å². The molecule has 0 fully saturated rings. The van der Waals surface area contributed by atoms with E-state index < -0.39 is 0 Å². The van der Waals surface area contributed by atoms with Crippen molar-refractivity contribution in [2.45, 2.75) is 19.4 Å². The summed E-state index contributed by atoms with van der Waals surface area (Å²) in [6.45, 7) is 2.02. The first-order valence-corrected chi connectivity index (χ1v) is 5.55. The number of rotatable bonds is 4. The standard InChI is InChI=1S/C12H16N4O/c1-3-10-14-12(16-15-10)11(13)8-5-4-6-9(7-8)17-2/h4-7,11H,3,13H2,1-2H3,(H,14,15,16). The summed E-state index contributed by atoms with van der Waals surface area (Å²) in [4.78, 5) is 4.33. The summed E-state index contributed by atoms with van der Waals surface area (Å²) in [6, 6.07) is 7.29. The molecule has 2 rings (SSSR count). The Labute approximate surface area is 100 Å². The number of H-pyrrole nitrogens is 1. The lowest BCUT2D eigenvalue weighted by atomic mass is 10.1. The van der Waals surface area contributed by atoms with E-state index >= 15 is 0 Å². The van der Waals surface area contributed by atoms with Gasteiger partial charge in [0, 0.05) is 6.42 Å². The molecular weight excluding hydrogens is 216 g/mol. The van der Waals surface area contributed by atoms with E-state index in [2.05, 4.69) is 15.2 Å². The van der Waals surface area contributed by atoms with Crippen molar-refractivity contribution in [2.24, 2.45) is 5.73 Å². The van der Waals surface area contributed by atoms with Crippen molar-refractivity contribution < 1.29 is 4.74 Å². The maximum absolute atomic E-state index is 6.11. The fourth-order valence-electron chi connectivity index (χ4n) is 1.59. The predicted molar refractivity (Wildman–Crippen MR) is 64.8 cm³/mol. The van der Waals surface area contributed by atoms with Gasteiger partial charge in [0.2, 0.25) is 0 Å². The lowest BCUT2D eigenvalue weighted by Crippen LogP contribution is -2.13. The number of hydrogen-bond donors (Lipinski definition) is 2. The Balaban J connectivity index is 2.26. The summed E-state index contributed by atoms with van der Waals surface area (Å²) in [6.07, 6.45) is 0.817. The van der Waals surface area contributed by atoms with Crippen LogP contribution < -0.4 is 10.5 Å². The summed E-state index contributed by atoms with van der Waals surface area (Å²) < 4.78 is 5.16. The Hall–Kier alpha value is -1.88. The third-order valence-corrected chi connectivity index (χ3v) is 2.61. The third-order valence-electron chi connectivity index (χ3n) is 2.61. The van der Waals surface area contributed by atoms with Gasteiger partial charge in [0.15, 0.2) is 5.82 Å². The van der Waals surface area contributed by atoms with E-state index in [9.17, 15) is 0 Å². The molecule has 0 saturated carbocycles. The van der Waals surface area contributed by atoms with Crippen LogP contribution in [-0.4, -0.2) is 22.3 Å². The molecule has 1 heterocycles. The zero-order valence-corrected chi connectivity index (χ0v) is 9.97. The average Bonchev–Trinajstić information content (AvgIpc) is 2.86. The van der Waals surface area contributed by atoms with Crippen molar-refractivity contribution in [3.05, 3.63) is 41.5 Å². The molecule has 0 aliphatic rings. The molecule has 17 heavy (non-hydrogen) atoms. The maximum atomic E-state index is 6.11. The van der Waals surface area contributed by atoms with Gasteiger partial charge in [0.25, 0.3) is 0 Å². The van der Waals surface area contributed by atoms with Gasteiger partial charge in [-0.2, -0.15) is 5.10 Å². The fourth-order valence-corrected chi connectivity index (χ4v) is 1.59. The molecule has 0 spiro atoms. The van der Waals surface area contributed by atoms with Crippen molar-refractivity contribution in [1.29, 1.82) is 0 Å². The lowest BCUT2D eigenvalue weighted by molar-refractivity contribution is 0.414. The number of ether oxygens (including phenoxy) is 1. The van der Waals surface area contributed by atoms with E-state index in [1.54, 1.807) is 7.11 Å². The van der Waals surface area contributed by atoms with Crippen molar-refractivity contribution in [2.75, 3.05) is 7.11 Å². The maximum Gasteiger partial charge on any atom is 0.171 e. The molecule has 1 aromatic heterocycles. The number of nitrogens with zero attached hydrogens (tertiary/aromatic N) is 2. The molecule has 1 atom stereocenters. The van der Waals surface area contributed by atoms with Crippen LogP contribution in [-0.2, 0) is 6.42 Å². The Morgan fingerprint density at radius 3 is 2.94 bits per heavy atom. The highest BCUT2D eigenvalue weighted by molar-refractivity contribution is 5.32. The molecule has 1 aromatic carbocycles. The van der Waals surface area contributed by atoms with E-state index in [1.165, 1.54) is 0 Å². The third kappa shape index (κ3) is 2.45. The Morgan fingerprint density at radius 1 is 1.47 bits per heavy atom. The molecule has 1 unspecified atom stereocenters. The number of methoxy groups -OCH3 is 1. The van der Waals surface area contributed by atoms with Gasteiger partial charge >= 0.3 is 0 Å². The molecule has 0 radical (unpaired) electrons. The molecule has 2 aromatic rings. The van der Waals surface area contributed by atoms with Crippen LogP contribution in [0.3, 0.4) is 0 Å². The van der Waals surface area contributed by atoms with E-state index in [0.717, 1.165) is 23.6 Å². The largest absolute Gasteiger partial charge is 0.497 e. The second-order valence-corrected chi connectivity index (χ2v) is 3.75. The topological polar surface area (TPSA) is 76.8 Å². The number of aromatic amines is 1. The second-order valence-electron chi connectivity index (χ2n) is 3.75. The summed E-state index contributed by atoms with van der Waals surface area (Å²) in [5, 5.41) is 6.98. The number of nitrogens with two attached hydrogens (primary N) is 1. The number of benzene rings is 1. The van der Waals surface area contributed by atoms with E-state index in [1.807, 2.05) is 31.2 Å². The van der Waals surface area contributed by atoms with Crippen molar-refractivity contribution in [3.63, 3.8) is 0 Å². The van der Waals surface area contributed by atoms with Crippen LogP contribution in [0.5, 0.6) is 5.75 Å². The Kier molecular flexibility index (Phi) is 3.39. The molecule has 5 nitrogen and oxygen atoms in total. The minimum absolute atomic E-state index is 0.332. The van der Waals surface area contributed by atoms with Gasteiger partial charge in [0.1, 0.15) is 11.6 Å². The quantitative estimate of drug-likeness (QED) is 0.835. The van der Waals surface area contributed by atoms with Crippen molar-refractivity contribution >= 4 is 0 Å².